The summed E-state index contributed by atoms with van der Waals surface area (Å²) in [6.07, 6.45) is 0.200. The maximum Gasteiger partial charge on any atom is 0.234 e. The third kappa shape index (κ3) is 5.33. The van der Waals surface area contributed by atoms with Gasteiger partial charge in [0.1, 0.15) is 0 Å². The van der Waals surface area contributed by atoms with Crippen molar-refractivity contribution in [1.82, 2.24) is 5.32 Å². The topological polar surface area (TPSA) is 82.0 Å². The molecule has 1 atom stereocenters. The summed E-state index contributed by atoms with van der Waals surface area (Å²) in [4.78, 5) is 24.5. The van der Waals surface area contributed by atoms with Gasteiger partial charge in [0.2, 0.25) is 11.8 Å². The molecule has 1 aliphatic rings. The lowest BCUT2D eigenvalue weighted by Gasteiger charge is -2.25. The molecule has 2 N–H and O–H groups in total. The number of thioether (sulfide) groups is 1. The van der Waals surface area contributed by atoms with E-state index in [-0.39, 0.29) is 29.9 Å². The molecule has 0 radical (unpaired) electrons. The van der Waals surface area contributed by atoms with Crippen molar-refractivity contribution in [3.05, 3.63) is 74.2 Å². The molecule has 0 spiro atoms. The minimum absolute atomic E-state index is 0.0294. The number of carbonyl (C=O) groups is 2. The third-order valence-corrected chi connectivity index (χ3v) is 6.14. The van der Waals surface area contributed by atoms with Gasteiger partial charge in [-0.3, -0.25) is 9.59 Å². The Kier molecular flexibility index (Phi) is 6.86. The Morgan fingerprint density at radius 1 is 1.24 bits per heavy atom. The number of anilines is 1. The van der Waals surface area contributed by atoms with Crippen LogP contribution in [0.1, 0.15) is 23.5 Å². The zero-order chi connectivity index (χ0) is 21.0. The van der Waals surface area contributed by atoms with Crippen LogP contribution in [0.15, 0.2) is 53.1 Å². The van der Waals surface area contributed by atoms with Gasteiger partial charge in [0, 0.05) is 18.0 Å². The van der Waals surface area contributed by atoms with Crippen LogP contribution in [-0.4, -0.2) is 17.6 Å². The van der Waals surface area contributed by atoms with Gasteiger partial charge in [-0.1, -0.05) is 64.8 Å². The number of hydrogen-bond acceptors (Lipinski definition) is 4. The molecule has 8 heteroatoms. The second-order valence-corrected chi connectivity index (χ2v) is 8.34. The number of rotatable bonds is 5. The minimum Gasteiger partial charge on any atom is -0.325 e. The maximum atomic E-state index is 12.3. The average molecular weight is 446 g/mol. The van der Waals surface area contributed by atoms with Crippen LogP contribution in [0.2, 0.25) is 10.0 Å². The number of aryl methyl sites for hydroxylation is 1. The van der Waals surface area contributed by atoms with Crippen molar-refractivity contribution in [3.8, 4) is 6.07 Å². The highest BCUT2D eigenvalue weighted by atomic mass is 35.5. The molecular weight excluding hydrogens is 429 g/mol. The summed E-state index contributed by atoms with van der Waals surface area (Å²) in [5.74, 6) is -0.761. The third-order valence-electron chi connectivity index (χ3n) is 4.39. The molecular formula is C21H17Cl2N3O2S. The molecule has 29 heavy (non-hydrogen) atoms. The minimum atomic E-state index is -0.324. The second-order valence-electron chi connectivity index (χ2n) is 6.54. The Hall–Kier alpha value is -2.46. The first kappa shape index (κ1) is 21.3. The molecule has 3 rings (SSSR count). The largest absolute Gasteiger partial charge is 0.325 e. The summed E-state index contributed by atoms with van der Waals surface area (Å²) in [5, 5.41) is 16.3. The van der Waals surface area contributed by atoms with Crippen LogP contribution in [0.5, 0.6) is 0 Å². The molecule has 0 saturated heterocycles. The van der Waals surface area contributed by atoms with E-state index in [0.717, 1.165) is 22.9 Å². The van der Waals surface area contributed by atoms with Crippen LogP contribution in [0.25, 0.3) is 0 Å². The number of nitrogens with zero attached hydrogens (tertiary/aromatic N) is 1. The van der Waals surface area contributed by atoms with E-state index >= 15 is 0 Å². The molecule has 2 aromatic rings. The van der Waals surface area contributed by atoms with Gasteiger partial charge in [0.25, 0.3) is 0 Å². The molecule has 1 aliphatic heterocycles. The number of nitriles is 1. The molecule has 1 heterocycles. The standard InChI is InChI=1S/C21H17Cl2N3O2S/c1-12-2-4-13(5-3-12)15-9-19(27)26-21(16(15)10-24)29-11-20(28)25-14-6-7-17(22)18(23)8-14/h2-8,15H,9,11H2,1H3,(H,25,28)(H,26,27)/t15-/m1/s1. The van der Waals surface area contributed by atoms with Crippen LogP contribution in [0.3, 0.4) is 0 Å². The summed E-state index contributed by atoms with van der Waals surface area (Å²) in [7, 11) is 0. The zero-order valence-electron chi connectivity index (χ0n) is 15.5. The van der Waals surface area contributed by atoms with E-state index < -0.39 is 0 Å². The smallest absolute Gasteiger partial charge is 0.234 e. The number of amides is 2. The molecule has 0 aliphatic carbocycles. The van der Waals surface area contributed by atoms with Crippen LogP contribution in [-0.2, 0) is 9.59 Å². The molecule has 0 unspecified atom stereocenters. The van der Waals surface area contributed by atoms with Gasteiger partial charge in [-0.2, -0.15) is 5.26 Å². The van der Waals surface area contributed by atoms with Crippen molar-refractivity contribution in [2.75, 3.05) is 11.1 Å². The number of nitrogens with one attached hydrogen (secondary N) is 2. The van der Waals surface area contributed by atoms with Crippen molar-refractivity contribution in [1.29, 1.82) is 5.26 Å². The molecule has 0 fully saturated rings. The fourth-order valence-corrected chi connectivity index (χ4v) is 4.10. The molecule has 0 aromatic heterocycles. The Morgan fingerprint density at radius 2 is 1.97 bits per heavy atom. The summed E-state index contributed by atoms with van der Waals surface area (Å²) < 4.78 is 0. The van der Waals surface area contributed by atoms with E-state index in [1.165, 1.54) is 0 Å². The molecule has 2 aromatic carbocycles. The molecule has 0 bridgehead atoms. The van der Waals surface area contributed by atoms with Gasteiger partial charge in [0.15, 0.2) is 0 Å². The molecule has 2 amide bonds. The summed E-state index contributed by atoms with van der Waals surface area (Å²) in [6.45, 7) is 1.98. The number of benzene rings is 2. The fourth-order valence-electron chi connectivity index (χ4n) is 2.93. The van der Waals surface area contributed by atoms with Crippen LogP contribution >= 0.6 is 35.0 Å². The lowest BCUT2D eigenvalue weighted by molar-refractivity contribution is -0.121. The Morgan fingerprint density at radius 3 is 2.62 bits per heavy atom. The lowest BCUT2D eigenvalue weighted by Crippen LogP contribution is -2.31. The number of allylic oxidation sites excluding steroid dienone is 1. The van der Waals surface area contributed by atoms with E-state index in [4.69, 9.17) is 23.2 Å². The molecule has 148 valence electrons. The van der Waals surface area contributed by atoms with Gasteiger partial charge < -0.3 is 10.6 Å². The van der Waals surface area contributed by atoms with Gasteiger partial charge in [-0.15, -0.1) is 0 Å². The quantitative estimate of drug-likeness (QED) is 0.677. The van der Waals surface area contributed by atoms with Crippen molar-refractivity contribution in [3.63, 3.8) is 0 Å². The summed E-state index contributed by atoms with van der Waals surface area (Å²) in [6, 6.07) is 14.8. The Bertz CT molecular complexity index is 1030. The van der Waals surface area contributed by atoms with Crippen LogP contribution in [0.4, 0.5) is 5.69 Å². The number of carbonyl (C=O) groups excluding carboxylic acids is 2. The Labute approximate surface area is 183 Å². The second kappa shape index (κ2) is 9.36. The zero-order valence-corrected chi connectivity index (χ0v) is 17.8. The van der Waals surface area contributed by atoms with Gasteiger partial charge >= 0.3 is 0 Å². The lowest BCUT2D eigenvalue weighted by atomic mass is 9.87. The predicted octanol–water partition coefficient (Wildman–Crippen LogP) is 5.01. The van der Waals surface area contributed by atoms with Gasteiger partial charge in [-0.05, 0) is 30.7 Å². The van der Waals surface area contributed by atoms with Crippen molar-refractivity contribution < 1.29 is 9.59 Å². The predicted molar refractivity (Wildman–Crippen MR) is 117 cm³/mol. The molecule has 5 nitrogen and oxygen atoms in total. The van der Waals surface area contributed by atoms with E-state index in [1.807, 2.05) is 31.2 Å². The highest BCUT2D eigenvalue weighted by Crippen LogP contribution is 2.36. The number of halogens is 2. The first-order chi connectivity index (χ1) is 13.9. The van der Waals surface area contributed by atoms with E-state index in [2.05, 4.69) is 16.7 Å². The first-order valence-corrected chi connectivity index (χ1v) is 10.5. The summed E-state index contributed by atoms with van der Waals surface area (Å²) >= 11 is 13.0. The van der Waals surface area contributed by atoms with E-state index in [0.29, 0.717) is 26.3 Å². The van der Waals surface area contributed by atoms with E-state index in [1.54, 1.807) is 18.2 Å². The monoisotopic (exact) mass is 445 g/mol. The maximum absolute atomic E-state index is 12.3. The van der Waals surface area contributed by atoms with Crippen LogP contribution < -0.4 is 10.6 Å². The van der Waals surface area contributed by atoms with Crippen molar-refractivity contribution in [2.45, 2.75) is 19.3 Å². The first-order valence-electron chi connectivity index (χ1n) is 8.75. The normalized spacial score (nSPS) is 16.2. The number of hydrogen-bond donors (Lipinski definition) is 2. The van der Waals surface area contributed by atoms with Crippen LogP contribution in [0, 0.1) is 18.3 Å². The Balaban J connectivity index is 1.74. The van der Waals surface area contributed by atoms with Gasteiger partial charge in [0.05, 0.1) is 32.5 Å². The molecule has 0 saturated carbocycles. The highest BCUT2D eigenvalue weighted by molar-refractivity contribution is 8.03. The van der Waals surface area contributed by atoms with Crippen molar-refractivity contribution >= 4 is 52.5 Å². The summed E-state index contributed by atoms with van der Waals surface area (Å²) in [5.41, 5.74) is 2.98. The van der Waals surface area contributed by atoms with Crippen molar-refractivity contribution in [2.24, 2.45) is 0 Å². The van der Waals surface area contributed by atoms with Gasteiger partial charge in [-0.25, -0.2) is 0 Å². The fraction of sp³-hybridized carbons (Fsp3) is 0.190. The SMILES string of the molecule is Cc1ccc([C@H]2CC(=O)NC(SCC(=O)Nc3ccc(Cl)c(Cl)c3)=C2C#N)cc1. The average Bonchev–Trinajstić information content (AvgIpc) is 2.69. The highest BCUT2D eigenvalue weighted by Gasteiger charge is 2.29. The van der Waals surface area contributed by atoms with E-state index in [9.17, 15) is 14.9 Å².